The molecular formula is C30H40N2. The zero-order valence-corrected chi connectivity index (χ0v) is 19.9. The lowest BCUT2D eigenvalue weighted by atomic mass is 9.94. The van der Waals surface area contributed by atoms with Crippen molar-refractivity contribution in [1.82, 2.24) is 0 Å². The smallest absolute Gasteiger partial charge is 0.0479 e. The maximum absolute atomic E-state index is 6.14. The molecule has 0 atom stereocenters. The van der Waals surface area contributed by atoms with Gasteiger partial charge in [-0.15, -0.1) is 0 Å². The molecule has 0 heterocycles. The van der Waals surface area contributed by atoms with Crippen LogP contribution >= 0.6 is 0 Å². The van der Waals surface area contributed by atoms with E-state index in [0.717, 1.165) is 36.9 Å². The number of benzene rings is 2. The molecule has 2 heteroatoms. The second-order valence-electron chi connectivity index (χ2n) is 9.91. The van der Waals surface area contributed by atoms with E-state index in [2.05, 4.69) is 61.4 Å². The second kappa shape index (κ2) is 10.5. The number of aryl methyl sites for hydroxylation is 1. The molecule has 32 heavy (non-hydrogen) atoms. The predicted molar refractivity (Wildman–Crippen MR) is 139 cm³/mol. The molecule has 0 aliphatic heterocycles. The Morgan fingerprint density at radius 1 is 1.06 bits per heavy atom. The molecule has 2 saturated carbocycles. The van der Waals surface area contributed by atoms with Crippen molar-refractivity contribution in [3.05, 3.63) is 83.1 Å². The topological polar surface area (TPSA) is 29.3 Å². The summed E-state index contributed by atoms with van der Waals surface area (Å²) in [4.78, 5) is 2.37. The van der Waals surface area contributed by atoms with Crippen molar-refractivity contribution in [1.29, 1.82) is 0 Å². The van der Waals surface area contributed by atoms with Crippen molar-refractivity contribution in [2.45, 2.75) is 77.2 Å². The minimum absolute atomic E-state index is 0.468. The summed E-state index contributed by atoms with van der Waals surface area (Å²) in [5.41, 5.74) is 15.4. The lowest BCUT2D eigenvalue weighted by molar-refractivity contribution is 0.546. The number of rotatable bonds is 11. The molecular weight excluding hydrogens is 388 g/mol. The molecule has 2 aliphatic rings. The summed E-state index contributed by atoms with van der Waals surface area (Å²) in [6, 6.07) is 14.1. The summed E-state index contributed by atoms with van der Waals surface area (Å²) in [6.07, 6.45) is 13.5. The minimum Gasteiger partial charge on any atom is -0.340 e. The molecule has 0 radical (unpaired) electrons. The van der Waals surface area contributed by atoms with Gasteiger partial charge in [-0.25, -0.2) is 0 Å². The largest absolute Gasteiger partial charge is 0.340 e. The van der Waals surface area contributed by atoms with Crippen LogP contribution in [0, 0.1) is 5.92 Å². The fourth-order valence-electron chi connectivity index (χ4n) is 5.31. The highest BCUT2D eigenvalue weighted by Gasteiger charge is 2.25. The van der Waals surface area contributed by atoms with Gasteiger partial charge in [0.05, 0.1) is 0 Å². The van der Waals surface area contributed by atoms with Crippen molar-refractivity contribution in [3.63, 3.8) is 0 Å². The lowest BCUT2D eigenvalue weighted by Gasteiger charge is -2.30. The summed E-state index contributed by atoms with van der Waals surface area (Å²) in [7, 11) is 0. The van der Waals surface area contributed by atoms with Crippen LogP contribution in [0.15, 0.2) is 55.3 Å². The molecule has 0 bridgehead atoms. The van der Waals surface area contributed by atoms with Gasteiger partial charge in [0.2, 0.25) is 0 Å². The summed E-state index contributed by atoms with van der Waals surface area (Å²) >= 11 is 0. The van der Waals surface area contributed by atoms with Crippen LogP contribution in [0.4, 0.5) is 5.69 Å². The van der Waals surface area contributed by atoms with E-state index in [0.29, 0.717) is 6.54 Å². The second-order valence-corrected chi connectivity index (χ2v) is 9.91. The maximum atomic E-state index is 6.14. The van der Waals surface area contributed by atoms with Crippen LogP contribution in [0.1, 0.15) is 85.6 Å². The quantitative estimate of drug-likeness (QED) is 0.405. The first-order valence-corrected chi connectivity index (χ1v) is 12.6. The van der Waals surface area contributed by atoms with Crippen LogP contribution < -0.4 is 10.6 Å². The molecule has 2 fully saturated rings. The molecule has 2 nitrogen and oxygen atoms in total. The van der Waals surface area contributed by atoms with Crippen LogP contribution in [0.3, 0.4) is 0 Å². The van der Waals surface area contributed by atoms with E-state index in [-0.39, 0.29) is 0 Å². The molecule has 2 aromatic rings. The minimum atomic E-state index is 0.468. The van der Waals surface area contributed by atoms with Crippen molar-refractivity contribution in [2.24, 2.45) is 11.7 Å². The van der Waals surface area contributed by atoms with Gasteiger partial charge in [-0.3, -0.25) is 0 Å². The summed E-state index contributed by atoms with van der Waals surface area (Å²) < 4.78 is 0. The third-order valence-corrected chi connectivity index (χ3v) is 7.23. The summed E-state index contributed by atoms with van der Waals surface area (Å²) in [6.45, 7) is 11.9. The van der Waals surface area contributed by atoms with Crippen molar-refractivity contribution in [3.8, 4) is 0 Å². The predicted octanol–water partition coefficient (Wildman–Crippen LogP) is 7.37. The van der Waals surface area contributed by atoms with Crippen LogP contribution in [0.5, 0.6) is 0 Å². The van der Waals surface area contributed by atoms with Crippen LogP contribution in [-0.2, 0) is 19.4 Å². The molecule has 0 amide bonds. The van der Waals surface area contributed by atoms with E-state index < -0.39 is 0 Å². The Morgan fingerprint density at radius 3 is 2.47 bits per heavy atom. The zero-order chi connectivity index (χ0) is 22.5. The third-order valence-electron chi connectivity index (χ3n) is 7.23. The van der Waals surface area contributed by atoms with Gasteiger partial charge >= 0.3 is 0 Å². The number of anilines is 1. The molecule has 2 aliphatic carbocycles. The first-order chi connectivity index (χ1) is 15.6. The number of hydrogen-bond acceptors (Lipinski definition) is 2. The van der Waals surface area contributed by atoms with E-state index in [1.54, 1.807) is 0 Å². The number of hydrogen-bond donors (Lipinski definition) is 1. The SMILES string of the molecule is C=Cc1ccc(N(Cc2cc(CCC)cc(C3CC3)c2)C(=C)CN)c(CC2CCCC2)c1. The highest BCUT2D eigenvalue weighted by Crippen LogP contribution is 2.41. The van der Waals surface area contributed by atoms with Gasteiger partial charge in [0.15, 0.2) is 0 Å². The Morgan fingerprint density at radius 2 is 1.81 bits per heavy atom. The molecule has 0 spiro atoms. The monoisotopic (exact) mass is 428 g/mol. The van der Waals surface area contributed by atoms with E-state index in [1.165, 1.54) is 78.5 Å². The Bertz CT molecular complexity index is 947. The Kier molecular flexibility index (Phi) is 7.52. The molecule has 170 valence electrons. The van der Waals surface area contributed by atoms with Gasteiger partial charge in [0.25, 0.3) is 0 Å². The molecule has 0 unspecified atom stereocenters. The highest BCUT2D eigenvalue weighted by molar-refractivity contribution is 5.63. The van der Waals surface area contributed by atoms with Gasteiger partial charge < -0.3 is 10.6 Å². The fourth-order valence-corrected chi connectivity index (χ4v) is 5.31. The number of nitrogens with zero attached hydrogens (tertiary/aromatic N) is 1. The lowest BCUT2D eigenvalue weighted by Crippen LogP contribution is -2.27. The van der Waals surface area contributed by atoms with Crippen LogP contribution in [-0.4, -0.2) is 6.54 Å². The van der Waals surface area contributed by atoms with Crippen LogP contribution in [0.25, 0.3) is 6.08 Å². The molecule has 2 aromatic carbocycles. The van der Waals surface area contributed by atoms with Crippen LogP contribution in [0.2, 0.25) is 0 Å². The Balaban J connectivity index is 1.68. The van der Waals surface area contributed by atoms with E-state index in [4.69, 9.17) is 5.73 Å². The Labute approximate surface area is 195 Å². The Hall–Kier alpha value is -2.32. The summed E-state index contributed by atoms with van der Waals surface area (Å²) in [5.74, 6) is 1.55. The van der Waals surface area contributed by atoms with Gasteiger partial charge in [-0.2, -0.15) is 0 Å². The first kappa shape index (κ1) is 22.9. The average Bonchev–Trinajstić information content (AvgIpc) is 3.54. The zero-order valence-electron chi connectivity index (χ0n) is 19.9. The third kappa shape index (κ3) is 5.53. The van der Waals surface area contributed by atoms with Gasteiger partial charge in [-0.05, 0) is 77.5 Å². The number of nitrogens with two attached hydrogens (primary N) is 1. The van der Waals surface area contributed by atoms with Crippen molar-refractivity contribution < 1.29 is 0 Å². The van der Waals surface area contributed by atoms with Gasteiger partial charge in [0.1, 0.15) is 0 Å². The summed E-state index contributed by atoms with van der Waals surface area (Å²) in [5, 5.41) is 0. The molecule has 4 rings (SSSR count). The average molecular weight is 429 g/mol. The standard InChI is InChI=1S/C30H40N2/c1-4-8-25-15-26(19-28(18-25)27-12-13-27)21-32(22(3)20-31)30-14-11-23(5-2)16-29(30)17-24-9-6-7-10-24/h5,11,14-16,18-19,24,27H,2-4,6-10,12-13,17,20-21,31H2,1H3. The van der Waals surface area contributed by atoms with Crippen molar-refractivity contribution >= 4 is 11.8 Å². The first-order valence-electron chi connectivity index (χ1n) is 12.6. The molecule has 2 N–H and O–H groups in total. The van der Waals surface area contributed by atoms with Gasteiger partial charge in [0, 0.05) is 24.5 Å². The van der Waals surface area contributed by atoms with Gasteiger partial charge in [-0.1, -0.05) is 82.5 Å². The molecule has 0 aromatic heterocycles. The molecule has 0 saturated heterocycles. The highest BCUT2D eigenvalue weighted by atomic mass is 15.1. The normalized spacial score (nSPS) is 16.3. The van der Waals surface area contributed by atoms with E-state index in [9.17, 15) is 0 Å². The van der Waals surface area contributed by atoms with Crippen molar-refractivity contribution in [2.75, 3.05) is 11.4 Å². The fraction of sp³-hybridized carbons (Fsp3) is 0.467. The maximum Gasteiger partial charge on any atom is 0.0479 e. The van der Waals surface area contributed by atoms with E-state index >= 15 is 0 Å². The van der Waals surface area contributed by atoms with E-state index in [1.807, 2.05) is 6.08 Å².